The van der Waals surface area contributed by atoms with Gasteiger partial charge in [-0.2, -0.15) is 0 Å². The van der Waals surface area contributed by atoms with E-state index in [1.807, 2.05) is 17.2 Å². The molecule has 1 aromatic carbocycles. The van der Waals surface area contributed by atoms with Crippen molar-refractivity contribution in [1.29, 1.82) is 0 Å². The molecule has 0 radical (unpaired) electrons. The van der Waals surface area contributed by atoms with E-state index in [2.05, 4.69) is 36.0 Å². The summed E-state index contributed by atoms with van der Waals surface area (Å²) in [5, 5.41) is 1.49. The number of aromatic nitrogens is 2. The number of pyridine rings is 1. The SMILES string of the molecule is COc1cc(C(=O)N2CC=C(c3c[nH]c4ncccc34)CC2)cc(Cl)c1OCCC(C)C. The van der Waals surface area contributed by atoms with E-state index in [4.69, 9.17) is 21.1 Å². The summed E-state index contributed by atoms with van der Waals surface area (Å²) in [6.45, 7) is 5.98. The second-order valence-corrected chi connectivity index (χ2v) is 8.76. The fourth-order valence-corrected chi connectivity index (χ4v) is 4.15. The minimum absolute atomic E-state index is 0.0742. The summed E-state index contributed by atoms with van der Waals surface area (Å²) in [6, 6.07) is 7.38. The molecule has 0 saturated heterocycles. The lowest BCUT2D eigenvalue weighted by Gasteiger charge is -2.27. The van der Waals surface area contributed by atoms with Crippen molar-refractivity contribution in [3.63, 3.8) is 0 Å². The number of methoxy groups -OCH3 is 1. The van der Waals surface area contributed by atoms with Crippen LogP contribution in [0.25, 0.3) is 16.6 Å². The van der Waals surface area contributed by atoms with Crippen LogP contribution in [0.1, 0.15) is 42.6 Å². The smallest absolute Gasteiger partial charge is 0.254 e. The first-order valence-corrected chi connectivity index (χ1v) is 11.3. The molecule has 1 aliphatic heterocycles. The molecule has 0 atom stereocenters. The quantitative estimate of drug-likeness (QED) is 0.507. The van der Waals surface area contributed by atoms with E-state index < -0.39 is 0 Å². The number of nitrogens with one attached hydrogen (secondary N) is 1. The van der Waals surface area contributed by atoms with Gasteiger partial charge in [-0.05, 0) is 48.6 Å². The molecule has 3 aromatic rings. The van der Waals surface area contributed by atoms with Gasteiger partial charge >= 0.3 is 0 Å². The Balaban J connectivity index is 1.49. The van der Waals surface area contributed by atoms with Crippen LogP contribution in [0.3, 0.4) is 0 Å². The zero-order chi connectivity index (χ0) is 22.7. The van der Waals surface area contributed by atoms with Gasteiger partial charge < -0.3 is 19.4 Å². The molecule has 168 valence electrons. The standard InChI is InChI=1S/C25H28ClN3O3/c1-16(2)8-12-32-23-21(26)13-18(14-22(23)31-3)25(30)29-10-6-17(7-11-29)20-15-28-24-19(20)5-4-9-27-24/h4-6,9,13-16H,7-8,10-12H2,1-3H3,(H,27,28). The predicted molar refractivity (Wildman–Crippen MR) is 128 cm³/mol. The first kappa shape index (κ1) is 22.2. The number of hydrogen-bond acceptors (Lipinski definition) is 4. The maximum absolute atomic E-state index is 13.2. The van der Waals surface area contributed by atoms with Crippen molar-refractivity contribution in [2.24, 2.45) is 5.92 Å². The van der Waals surface area contributed by atoms with Gasteiger partial charge in [-0.25, -0.2) is 4.98 Å². The van der Waals surface area contributed by atoms with Crippen molar-refractivity contribution in [1.82, 2.24) is 14.9 Å². The Kier molecular flexibility index (Phi) is 6.70. The summed E-state index contributed by atoms with van der Waals surface area (Å²) in [6.07, 6.45) is 7.56. The third kappa shape index (κ3) is 4.60. The molecule has 32 heavy (non-hydrogen) atoms. The van der Waals surface area contributed by atoms with Crippen molar-refractivity contribution < 1.29 is 14.3 Å². The monoisotopic (exact) mass is 453 g/mol. The van der Waals surface area contributed by atoms with Gasteiger partial charge in [0.05, 0.1) is 18.7 Å². The Hall–Kier alpha value is -2.99. The number of rotatable bonds is 7. The van der Waals surface area contributed by atoms with E-state index in [0.717, 1.165) is 29.4 Å². The van der Waals surface area contributed by atoms with Crippen LogP contribution in [0.2, 0.25) is 5.02 Å². The molecule has 2 aromatic heterocycles. The van der Waals surface area contributed by atoms with Gasteiger partial charge in [0.1, 0.15) is 5.65 Å². The molecule has 1 amide bonds. The highest BCUT2D eigenvalue weighted by molar-refractivity contribution is 6.32. The van der Waals surface area contributed by atoms with Crippen LogP contribution >= 0.6 is 11.6 Å². The zero-order valence-electron chi connectivity index (χ0n) is 18.7. The summed E-state index contributed by atoms with van der Waals surface area (Å²) in [5.41, 5.74) is 3.74. The van der Waals surface area contributed by atoms with E-state index in [0.29, 0.717) is 47.7 Å². The van der Waals surface area contributed by atoms with E-state index in [9.17, 15) is 4.79 Å². The molecule has 0 saturated carbocycles. The van der Waals surface area contributed by atoms with Gasteiger partial charge in [-0.3, -0.25) is 4.79 Å². The number of nitrogens with zero attached hydrogens (tertiary/aromatic N) is 2. The Morgan fingerprint density at radius 3 is 2.91 bits per heavy atom. The second kappa shape index (κ2) is 9.65. The molecule has 0 unspecified atom stereocenters. The molecule has 0 fully saturated rings. The molecule has 1 aliphatic rings. The maximum atomic E-state index is 13.2. The molecule has 0 bridgehead atoms. The van der Waals surface area contributed by atoms with E-state index in [1.165, 1.54) is 5.57 Å². The number of hydrogen-bond donors (Lipinski definition) is 1. The number of carbonyl (C=O) groups excluding carboxylic acids is 1. The summed E-state index contributed by atoms with van der Waals surface area (Å²) in [5.74, 6) is 1.41. The number of benzene rings is 1. The van der Waals surface area contributed by atoms with Crippen molar-refractivity contribution in [3.8, 4) is 11.5 Å². The van der Waals surface area contributed by atoms with E-state index in [-0.39, 0.29) is 5.91 Å². The molecule has 4 rings (SSSR count). The molecule has 1 N–H and O–H groups in total. The highest BCUT2D eigenvalue weighted by atomic mass is 35.5. The maximum Gasteiger partial charge on any atom is 0.254 e. The third-order valence-corrected chi connectivity index (χ3v) is 5.99. The van der Waals surface area contributed by atoms with Crippen LogP contribution in [-0.4, -0.2) is 47.6 Å². The normalized spacial score (nSPS) is 14.0. The van der Waals surface area contributed by atoms with Gasteiger partial charge in [0.2, 0.25) is 0 Å². The Morgan fingerprint density at radius 1 is 1.34 bits per heavy atom. The minimum atomic E-state index is -0.0742. The summed E-state index contributed by atoms with van der Waals surface area (Å²) >= 11 is 6.46. The lowest BCUT2D eigenvalue weighted by molar-refractivity contribution is 0.0772. The number of carbonyl (C=O) groups is 1. The molecule has 6 nitrogen and oxygen atoms in total. The van der Waals surface area contributed by atoms with Crippen molar-refractivity contribution >= 4 is 34.1 Å². The Bertz CT molecular complexity index is 1150. The molecule has 3 heterocycles. The highest BCUT2D eigenvalue weighted by Crippen LogP contribution is 2.37. The van der Waals surface area contributed by atoms with Crippen LogP contribution in [0.4, 0.5) is 0 Å². The fourth-order valence-electron chi connectivity index (χ4n) is 3.88. The number of halogens is 1. The average Bonchev–Trinajstić information content (AvgIpc) is 3.23. The van der Waals surface area contributed by atoms with Crippen LogP contribution in [0, 0.1) is 5.92 Å². The molecular weight excluding hydrogens is 426 g/mol. The largest absolute Gasteiger partial charge is 0.493 e. The summed E-state index contributed by atoms with van der Waals surface area (Å²) < 4.78 is 11.3. The Labute approximate surface area is 193 Å². The molecule has 7 heteroatoms. The number of fused-ring (bicyclic) bond motifs is 1. The third-order valence-electron chi connectivity index (χ3n) is 5.71. The van der Waals surface area contributed by atoms with Crippen molar-refractivity contribution in [2.75, 3.05) is 26.8 Å². The number of aromatic amines is 1. The average molecular weight is 454 g/mol. The number of ether oxygens (including phenoxy) is 2. The van der Waals surface area contributed by atoms with Crippen LogP contribution in [-0.2, 0) is 0 Å². The van der Waals surface area contributed by atoms with Gasteiger partial charge in [0.25, 0.3) is 5.91 Å². The van der Waals surface area contributed by atoms with Crippen molar-refractivity contribution in [2.45, 2.75) is 26.7 Å². The van der Waals surface area contributed by atoms with Gasteiger partial charge in [0, 0.05) is 42.0 Å². The highest BCUT2D eigenvalue weighted by Gasteiger charge is 2.23. The van der Waals surface area contributed by atoms with E-state index in [1.54, 1.807) is 25.4 Å². The second-order valence-electron chi connectivity index (χ2n) is 8.35. The minimum Gasteiger partial charge on any atom is -0.493 e. The van der Waals surface area contributed by atoms with Gasteiger partial charge in [0.15, 0.2) is 11.5 Å². The lowest BCUT2D eigenvalue weighted by atomic mass is 9.99. The summed E-state index contributed by atoms with van der Waals surface area (Å²) in [7, 11) is 1.56. The number of amides is 1. The first-order valence-electron chi connectivity index (χ1n) is 10.9. The Morgan fingerprint density at radius 2 is 2.19 bits per heavy atom. The first-order chi connectivity index (χ1) is 15.5. The topological polar surface area (TPSA) is 67.5 Å². The zero-order valence-corrected chi connectivity index (χ0v) is 19.4. The van der Waals surface area contributed by atoms with Gasteiger partial charge in [-0.1, -0.05) is 31.5 Å². The van der Waals surface area contributed by atoms with E-state index >= 15 is 0 Å². The molecule has 0 spiro atoms. The van der Waals surface area contributed by atoms with Crippen LogP contribution < -0.4 is 9.47 Å². The fraction of sp³-hybridized carbons (Fsp3) is 0.360. The molecule has 0 aliphatic carbocycles. The lowest BCUT2D eigenvalue weighted by Crippen LogP contribution is -2.34. The molecular formula is C25H28ClN3O3. The van der Waals surface area contributed by atoms with Crippen LogP contribution in [0.15, 0.2) is 42.7 Å². The van der Waals surface area contributed by atoms with Gasteiger partial charge in [-0.15, -0.1) is 0 Å². The van der Waals surface area contributed by atoms with Crippen molar-refractivity contribution in [3.05, 3.63) is 58.9 Å². The number of H-pyrrole nitrogens is 1. The van der Waals surface area contributed by atoms with Crippen LogP contribution in [0.5, 0.6) is 11.5 Å². The predicted octanol–water partition coefficient (Wildman–Crippen LogP) is 5.58. The summed E-state index contributed by atoms with van der Waals surface area (Å²) in [4.78, 5) is 22.6.